The van der Waals surface area contributed by atoms with E-state index in [1.807, 2.05) is 6.08 Å². The lowest BCUT2D eigenvalue weighted by Crippen LogP contribution is -2.15. The van der Waals surface area contributed by atoms with Crippen LogP contribution >= 0.6 is 0 Å². The molecule has 8 nitrogen and oxygen atoms in total. The third-order valence-corrected chi connectivity index (χ3v) is 6.93. The predicted octanol–water partition coefficient (Wildman–Crippen LogP) is 5.98. The monoisotopic (exact) mass is 562 g/mol. The molecule has 0 saturated heterocycles. The highest BCUT2D eigenvalue weighted by atomic mass is 16.6. The van der Waals surface area contributed by atoms with Crippen molar-refractivity contribution in [1.82, 2.24) is 0 Å². The summed E-state index contributed by atoms with van der Waals surface area (Å²) in [5.74, 6) is -0.552. The number of carbonyl (C=O) groups is 3. The van der Waals surface area contributed by atoms with E-state index in [2.05, 4.69) is 20.1 Å². The van der Waals surface area contributed by atoms with Crippen molar-refractivity contribution in [3.63, 3.8) is 0 Å². The SMILES string of the molecule is C=C(COC)C(=O)Oc1ccc(-c2ccc(OC(=O)C(=C)CO)c(OC(=O)/C=C/C3CCC(CCC)CC3)c2)cc1. The minimum atomic E-state index is -0.835. The molecule has 218 valence electrons. The molecule has 0 spiro atoms. The van der Waals surface area contributed by atoms with E-state index < -0.39 is 24.5 Å². The van der Waals surface area contributed by atoms with Crippen LogP contribution in [0.3, 0.4) is 0 Å². The van der Waals surface area contributed by atoms with E-state index in [4.69, 9.17) is 18.9 Å². The van der Waals surface area contributed by atoms with Crippen LogP contribution in [0.5, 0.6) is 17.2 Å². The largest absolute Gasteiger partial charge is 0.423 e. The Bertz CT molecular complexity index is 1270. The molecule has 3 rings (SSSR count). The number of aliphatic hydroxyl groups is 1. The first kappa shape index (κ1) is 31.5. The molecule has 2 aromatic rings. The lowest BCUT2D eigenvalue weighted by Gasteiger charge is -2.26. The van der Waals surface area contributed by atoms with Crippen LogP contribution < -0.4 is 14.2 Å². The van der Waals surface area contributed by atoms with Crippen molar-refractivity contribution < 1.29 is 38.4 Å². The summed E-state index contributed by atoms with van der Waals surface area (Å²) in [6.45, 7) is 8.82. The van der Waals surface area contributed by atoms with E-state index in [1.165, 1.54) is 32.1 Å². The summed E-state index contributed by atoms with van der Waals surface area (Å²) < 4.78 is 21.2. The zero-order chi connectivity index (χ0) is 29.8. The maximum absolute atomic E-state index is 12.8. The Labute approximate surface area is 241 Å². The average Bonchev–Trinajstić information content (AvgIpc) is 2.97. The Balaban J connectivity index is 1.76. The maximum Gasteiger partial charge on any atom is 0.341 e. The molecule has 2 aromatic carbocycles. The zero-order valence-electron chi connectivity index (χ0n) is 23.7. The molecule has 0 bridgehead atoms. The number of ether oxygens (including phenoxy) is 4. The predicted molar refractivity (Wildman–Crippen MR) is 156 cm³/mol. The van der Waals surface area contributed by atoms with Crippen LogP contribution in [0.2, 0.25) is 0 Å². The Morgan fingerprint density at radius 3 is 2.17 bits per heavy atom. The quantitative estimate of drug-likeness (QED) is 0.180. The first-order valence-corrected chi connectivity index (χ1v) is 13.8. The van der Waals surface area contributed by atoms with E-state index in [0.717, 1.165) is 37.2 Å². The minimum absolute atomic E-state index is 0.0115. The van der Waals surface area contributed by atoms with Crippen LogP contribution in [0, 0.1) is 11.8 Å². The molecule has 0 heterocycles. The van der Waals surface area contributed by atoms with Gasteiger partial charge in [0.15, 0.2) is 11.5 Å². The van der Waals surface area contributed by atoms with Gasteiger partial charge in [-0.25, -0.2) is 14.4 Å². The van der Waals surface area contributed by atoms with Gasteiger partial charge in [-0.05, 0) is 72.9 Å². The van der Waals surface area contributed by atoms with E-state index >= 15 is 0 Å². The summed E-state index contributed by atoms with van der Waals surface area (Å²) in [5, 5.41) is 9.23. The summed E-state index contributed by atoms with van der Waals surface area (Å²) in [5.41, 5.74) is 1.45. The molecule has 1 N–H and O–H groups in total. The molecule has 0 aromatic heterocycles. The van der Waals surface area contributed by atoms with Crippen LogP contribution in [-0.4, -0.2) is 43.3 Å². The van der Waals surface area contributed by atoms with Crippen LogP contribution in [0.4, 0.5) is 0 Å². The van der Waals surface area contributed by atoms with Gasteiger partial charge in [-0.1, -0.05) is 57.2 Å². The third-order valence-electron chi connectivity index (χ3n) is 6.93. The average molecular weight is 563 g/mol. The Kier molecular flexibility index (Phi) is 12.1. The fourth-order valence-electron chi connectivity index (χ4n) is 4.65. The van der Waals surface area contributed by atoms with Gasteiger partial charge in [0.2, 0.25) is 0 Å². The summed E-state index contributed by atoms with van der Waals surface area (Å²) in [4.78, 5) is 37.1. The van der Waals surface area contributed by atoms with Gasteiger partial charge in [0.25, 0.3) is 0 Å². The fourth-order valence-corrected chi connectivity index (χ4v) is 4.65. The van der Waals surface area contributed by atoms with Crippen LogP contribution in [-0.2, 0) is 19.1 Å². The van der Waals surface area contributed by atoms with Gasteiger partial charge >= 0.3 is 17.9 Å². The zero-order valence-corrected chi connectivity index (χ0v) is 23.7. The number of hydrogen-bond donors (Lipinski definition) is 1. The standard InChI is InChI=1S/C33H38O8/c1-5-6-24-7-9-25(10-8-24)11-18-31(35)40-30-19-27(14-17-29(30)41-32(36)22(2)20-34)26-12-15-28(16-13-26)39-33(37)23(3)21-38-4/h11-19,24-25,34H,2-3,5-10,20-21H2,1,4H3/b18-11+. The van der Waals surface area contributed by atoms with Gasteiger partial charge in [0.1, 0.15) is 5.75 Å². The highest BCUT2D eigenvalue weighted by Crippen LogP contribution is 2.35. The Hall–Kier alpha value is -4.01. The maximum atomic E-state index is 12.8. The number of allylic oxidation sites excluding steroid dienone is 1. The second-order valence-electron chi connectivity index (χ2n) is 10.1. The van der Waals surface area contributed by atoms with E-state index in [1.54, 1.807) is 36.4 Å². The van der Waals surface area contributed by atoms with E-state index in [-0.39, 0.29) is 29.3 Å². The molecule has 0 atom stereocenters. The first-order chi connectivity index (χ1) is 19.7. The normalized spacial score (nSPS) is 16.7. The lowest BCUT2D eigenvalue weighted by molar-refractivity contribution is -0.132. The summed E-state index contributed by atoms with van der Waals surface area (Å²) in [6.07, 6.45) is 10.2. The summed E-state index contributed by atoms with van der Waals surface area (Å²) >= 11 is 0. The van der Waals surface area contributed by atoms with Crippen LogP contribution in [0.15, 0.2) is 78.9 Å². The molecule has 0 unspecified atom stereocenters. The molecule has 1 saturated carbocycles. The number of methoxy groups -OCH3 is 1. The smallest absolute Gasteiger partial charge is 0.341 e. The highest BCUT2D eigenvalue weighted by molar-refractivity contribution is 5.91. The molecule has 8 heteroatoms. The number of hydrogen-bond acceptors (Lipinski definition) is 8. The molecule has 41 heavy (non-hydrogen) atoms. The van der Waals surface area contributed by atoms with Crippen molar-refractivity contribution in [3.8, 4) is 28.4 Å². The van der Waals surface area contributed by atoms with Crippen LogP contribution in [0.25, 0.3) is 11.1 Å². The van der Waals surface area contributed by atoms with Crippen molar-refractivity contribution in [1.29, 1.82) is 0 Å². The van der Waals surface area contributed by atoms with Crippen LogP contribution in [0.1, 0.15) is 45.4 Å². The number of rotatable bonds is 13. The molecule has 1 aliphatic carbocycles. The topological polar surface area (TPSA) is 108 Å². The molecule has 0 aliphatic heterocycles. The van der Waals surface area contributed by atoms with Crippen molar-refractivity contribution >= 4 is 17.9 Å². The van der Waals surface area contributed by atoms with Crippen molar-refractivity contribution in [2.75, 3.05) is 20.3 Å². The second kappa shape index (κ2) is 15.7. The molecular formula is C33H38O8. The molecule has 1 fully saturated rings. The minimum Gasteiger partial charge on any atom is -0.423 e. The van der Waals surface area contributed by atoms with Gasteiger partial charge in [0.05, 0.1) is 24.4 Å². The number of carbonyl (C=O) groups excluding carboxylic acids is 3. The third kappa shape index (κ3) is 9.55. The Morgan fingerprint density at radius 2 is 1.54 bits per heavy atom. The van der Waals surface area contributed by atoms with Gasteiger partial charge < -0.3 is 24.1 Å². The van der Waals surface area contributed by atoms with Gasteiger partial charge in [0, 0.05) is 13.2 Å². The van der Waals surface area contributed by atoms with Gasteiger partial charge in [-0.15, -0.1) is 0 Å². The van der Waals surface area contributed by atoms with Gasteiger partial charge in [-0.2, -0.15) is 0 Å². The molecule has 0 amide bonds. The van der Waals surface area contributed by atoms with Crippen molar-refractivity contribution in [2.24, 2.45) is 11.8 Å². The summed E-state index contributed by atoms with van der Waals surface area (Å²) in [6, 6.07) is 11.5. The number of benzene rings is 2. The molecule has 1 aliphatic rings. The highest BCUT2D eigenvalue weighted by Gasteiger charge is 2.20. The fraction of sp³-hybridized carbons (Fsp3) is 0.364. The molecule has 0 radical (unpaired) electrons. The van der Waals surface area contributed by atoms with E-state index in [0.29, 0.717) is 17.2 Å². The Morgan fingerprint density at radius 1 is 0.878 bits per heavy atom. The summed E-state index contributed by atoms with van der Waals surface area (Å²) in [7, 11) is 1.46. The van der Waals surface area contributed by atoms with Crippen molar-refractivity contribution in [2.45, 2.75) is 45.4 Å². The lowest BCUT2D eigenvalue weighted by atomic mass is 9.80. The number of aliphatic hydroxyl groups excluding tert-OH is 1. The van der Waals surface area contributed by atoms with Crippen molar-refractivity contribution in [3.05, 3.63) is 78.9 Å². The first-order valence-electron chi connectivity index (χ1n) is 13.8. The van der Waals surface area contributed by atoms with Gasteiger partial charge in [-0.3, -0.25) is 0 Å². The molecular weight excluding hydrogens is 524 g/mol. The number of esters is 3. The van der Waals surface area contributed by atoms with E-state index in [9.17, 15) is 19.5 Å². The second-order valence-corrected chi connectivity index (χ2v) is 10.1.